The van der Waals surface area contributed by atoms with Crippen molar-refractivity contribution < 1.29 is 0 Å². The number of hydrogen-bond acceptors (Lipinski definition) is 1. The first kappa shape index (κ1) is 7.80. The smallest absolute Gasteiger partial charge is 0.131 e. The predicted octanol–water partition coefficient (Wildman–Crippen LogP) is 2.71. The number of halogens is 1. The molecule has 0 bridgehead atoms. The molecular formula is C9H9BrN2. The average molecular weight is 225 g/mol. The van der Waals surface area contributed by atoms with Crippen molar-refractivity contribution in [3.05, 3.63) is 34.3 Å². The number of aryl methyl sites for hydroxylation is 2. The van der Waals surface area contributed by atoms with Crippen LogP contribution in [-0.4, -0.2) is 9.38 Å². The molecule has 0 unspecified atom stereocenters. The van der Waals surface area contributed by atoms with E-state index in [1.54, 1.807) is 0 Å². The van der Waals surface area contributed by atoms with Crippen molar-refractivity contribution in [2.75, 3.05) is 0 Å². The lowest BCUT2D eigenvalue weighted by atomic mass is 10.2. The number of hydrogen-bond donors (Lipinski definition) is 0. The number of pyridine rings is 1. The second kappa shape index (κ2) is 2.59. The van der Waals surface area contributed by atoms with Gasteiger partial charge < -0.3 is 4.40 Å². The van der Waals surface area contributed by atoms with E-state index in [9.17, 15) is 0 Å². The van der Waals surface area contributed by atoms with Gasteiger partial charge in [-0.3, -0.25) is 0 Å². The van der Waals surface area contributed by atoms with Crippen LogP contribution < -0.4 is 0 Å². The molecule has 0 spiro atoms. The Labute approximate surface area is 79.4 Å². The Kier molecular flexibility index (Phi) is 1.68. The lowest BCUT2D eigenvalue weighted by Crippen LogP contribution is -1.91. The molecule has 0 N–H and O–H groups in total. The Hall–Kier alpha value is -0.830. The summed E-state index contributed by atoms with van der Waals surface area (Å²) in [5.41, 5.74) is 3.65. The van der Waals surface area contributed by atoms with Crippen LogP contribution in [0.4, 0.5) is 0 Å². The third kappa shape index (κ3) is 0.966. The number of fused-ring (bicyclic) bond motifs is 1. The van der Waals surface area contributed by atoms with Crippen LogP contribution in [-0.2, 0) is 0 Å². The second-order valence-electron chi connectivity index (χ2n) is 2.89. The molecule has 0 saturated heterocycles. The maximum absolute atomic E-state index is 4.18. The van der Waals surface area contributed by atoms with E-state index in [0.29, 0.717) is 0 Å². The lowest BCUT2D eigenvalue weighted by molar-refractivity contribution is 1.05. The zero-order chi connectivity index (χ0) is 8.72. The molecule has 0 radical (unpaired) electrons. The molecular weight excluding hydrogens is 216 g/mol. The Balaban J connectivity index is 2.93. The summed E-state index contributed by atoms with van der Waals surface area (Å²) in [6.45, 7) is 4.19. The van der Waals surface area contributed by atoms with Gasteiger partial charge in [0.25, 0.3) is 0 Å². The molecule has 0 aliphatic rings. The third-order valence-electron chi connectivity index (χ3n) is 2.18. The minimum absolute atomic E-state index is 0.908. The Morgan fingerprint density at radius 1 is 1.33 bits per heavy atom. The molecule has 2 nitrogen and oxygen atoms in total. The zero-order valence-corrected chi connectivity index (χ0v) is 8.59. The second-order valence-corrected chi connectivity index (χ2v) is 3.64. The van der Waals surface area contributed by atoms with E-state index in [1.807, 2.05) is 6.33 Å². The fraction of sp³-hybridized carbons (Fsp3) is 0.222. The maximum Gasteiger partial charge on any atom is 0.131 e. The van der Waals surface area contributed by atoms with Gasteiger partial charge in [-0.1, -0.05) is 6.07 Å². The van der Waals surface area contributed by atoms with E-state index >= 15 is 0 Å². The molecule has 0 amide bonds. The molecule has 62 valence electrons. The van der Waals surface area contributed by atoms with Crippen LogP contribution in [0.5, 0.6) is 0 Å². The summed E-state index contributed by atoms with van der Waals surface area (Å²) in [6.07, 6.45) is 1.84. The first-order valence-electron chi connectivity index (χ1n) is 3.79. The number of imidazole rings is 1. The van der Waals surface area contributed by atoms with Crippen molar-refractivity contribution in [1.82, 2.24) is 9.38 Å². The van der Waals surface area contributed by atoms with Crippen molar-refractivity contribution in [2.45, 2.75) is 13.8 Å². The van der Waals surface area contributed by atoms with Crippen molar-refractivity contribution in [3.63, 3.8) is 0 Å². The first-order valence-corrected chi connectivity index (χ1v) is 4.58. The van der Waals surface area contributed by atoms with Gasteiger partial charge >= 0.3 is 0 Å². The fourth-order valence-corrected chi connectivity index (χ4v) is 1.68. The Morgan fingerprint density at radius 2 is 2.08 bits per heavy atom. The van der Waals surface area contributed by atoms with Gasteiger partial charge in [0.15, 0.2) is 0 Å². The van der Waals surface area contributed by atoms with Gasteiger partial charge in [0.2, 0.25) is 0 Å². The Bertz CT molecular complexity index is 431. The van der Waals surface area contributed by atoms with Crippen LogP contribution >= 0.6 is 15.9 Å². The summed E-state index contributed by atoms with van der Waals surface area (Å²) in [5.74, 6) is 0. The predicted molar refractivity (Wildman–Crippen MR) is 52.4 cm³/mol. The molecule has 12 heavy (non-hydrogen) atoms. The SMILES string of the molecule is Cc1ccc2c(Br)ncn2c1C. The van der Waals surface area contributed by atoms with Gasteiger partial charge in [-0.05, 0) is 41.4 Å². The van der Waals surface area contributed by atoms with Crippen molar-refractivity contribution in [3.8, 4) is 0 Å². The minimum atomic E-state index is 0.908. The highest BCUT2D eigenvalue weighted by Gasteiger charge is 2.03. The molecule has 0 saturated carbocycles. The van der Waals surface area contributed by atoms with Crippen LogP contribution in [0.25, 0.3) is 5.52 Å². The normalized spacial score (nSPS) is 10.9. The monoisotopic (exact) mass is 224 g/mol. The molecule has 0 aliphatic carbocycles. The Morgan fingerprint density at radius 3 is 2.83 bits per heavy atom. The van der Waals surface area contributed by atoms with Crippen molar-refractivity contribution >= 4 is 21.4 Å². The summed E-state index contributed by atoms with van der Waals surface area (Å²) in [6, 6.07) is 4.18. The van der Waals surface area contributed by atoms with Gasteiger partial charge in [-0.25, -0.2) is 4.98 Å². The summed E-state index contributed by atoms with van der Waals surface area (Å²) in [4.78, 5) is 4.18. The van der Waals surface area contributed by atoms with Crippen molar-refractivity contribution in [1.29, 1.82) is 0 Å². The summed E-state index contributed by atoms with van der Waals surface area (Å²) >= 11 is 3.39. The van der Waals surface area contributed by atoms with E-state index in [0.717, 1.165) is 10.1 Å². The van der Waals surface area contributed by atoms with Crippen LogP contribution in [0.2, 0.25) is 0 Å². The molecule has 2 aromatic rings. The van der Waals surface area contributed by atoms with Gasteiger partial charge in [0.05, 0.1) is 5.52 Å². The summed E-state index contributed by atoms with van der Waals surface area (Å²) < 4.78 is 2.99. The molecule has 0 aliphatic heterocycles. The van der Waals surface area contributed by atoms with E-state index < -0.39 is 0 Å². The molecule has 0 aromatic carbocycles. The number of aromatic nitrogens is 2. The van der Waals surface area contributed by atoms with Gasteiger partial charge in [0.1, 0.15) is 10.9 Å². The number of nitrogens with zero attached hydrogens (tertiary/aromatic N) is 2. The van der Waals surface area contributed by atoms with Crippen LogP contribution in [0.15, 0.2) is 23.1 Å². The highest BCUT2D eigenvalue weighted by molar-refractivity contribution is 9.10. The van der Waals surface area contributed by atoms with Gasteiger partial charge in [-0.2, -0.15) is 0 Å². The van der Waals surface area contributed by atoms with Crippen LogP contribution in [0, 0.1) is 13.8 Å². The van der Waals surface area contributed by atoms with Crippen molar-refractivity contribution in [2.24, 2.45) is 0 Å². The van der Waals surface area contributed by atoms with E-state index in [4.69, 9.17) is 0 Å². The zero-order valence-electron chi connectivity index (χ0n) is 7.00. The highest BCUT2D eigenvalue weighted by Crippen LogP contribution is 2.18. The quantitative estimate of drug-likeness (QED) is 0.673. The summed E-state index contributed by atoms with van der Waals surface area (Å²) in [5, 5.41) is 0. The van der Waals surface area contributed by atoms with Gasteiger partial charge in [-0.15, -0.1) is 0 Å². The molecule has 2 aromatic heterocycles. The fourth-order valence-electron chi connectivity index (χ4n) is 1.27. The van der Waals surface area contributed by atoms with E-state index in [-0.39, 0.29) is 0 Å². The highest BCUT2D eigenvalue weighted by atomic mass is 79.9. The third-order valence-corrected chi connectivity index (χ3v) is 2.79. The lowest BCUT2D eigenvalue weighted by Gasteiger charge is -2.02. The molecule has 2 heterocycles. The standard InChI is InChI=1S/C9H9BrN2/c1-6-3-4-8-9(10)11-5-12(8)7(6)2/h3-5H,1-2H3. The topological polar surface area (TPSA) is 17.3 Å². The number of rotatable bonds is 0. The van der Waals surface area contributed by atoms with Crippen LogP contribution in [0.1, 0.15) is 11.3 Å². The van der Waals surface area contributed by atoms with E-state index in [2.05, 4.69) is 51.3 Å². The maximum atomic E-state index is 4.18. The largest absolute Gasteiger partial charge is 0.302 e. The molecule has 0 atom stereocenters. The summed E-state index contributed by atoms with van der Waals surface area (Å²) in [7, 11) is 0. The molecule has 0 fully saturated rings. The average Bonchev–Trinajstić information content (AvgIpc) is 2.41. The minimum Gasteiger partial charge on any atom is -0.302 e. The van der Waals surface area contributed by atoms with Crippen LogP contribution in [0.3, 0.4) is 0 Å². The molecule has 3 heteroatoms. The van der Waals surface area contributed by atoms with E-state index in [1.165, 1.54) is 11.3 Å². The van der Waals surface area contributed by atoms with Gasteiger partial charge in [0, 0.05) is 5.69 Å². The molecule has 2 rings (SSSR count). The first-order chi connectivity index (χ1) is 5.70.